The molecule has 0 amide bonds. The Kier molecular flexibility index (Phi) is 7.40. The van der Waals surface area contributed by atoms with Crippen LogP contribution in [0.15, 0.2) is 58.8 Å². The number of benzene rings is 2. The van der Waals surface area contributed by atoms with E-state index >= 15 is 0 Å². The molecule has 6 nitrogen and oxygen atoms in total. The van der Waals surface area contributed by atoms with Crippen LogP contribution in [0.25, 0.3) is 21.2 Å². The molecule has 0 saturated heterocycles. The highest BCUT2D eigenvalue weighted by Crippen LogP contribution is 2.37. The Labute approximate surface area is 219 Å². The van der Waals surface area contributed by atoms with Crippen molar-refractivity contribution in [2.24, 2.45) is 10.2 Å². The van der Waals surface area contributed by atoms with E-state index in [9.17, 15) is 5.26 Å². The molecule has 0 N–H and O–H groups in total. The third kappa shape index (κ3) is 5.32. The number of aromatic nitrogens is 1. The van der Waals surface area contributed by atoms with Gasteiger partial charge in [-0.1, -0.05) is 24.7 Å². The highest BCUT2D eigenvalue weighted by Gasteiger charge is 2.17. The van der Waals surface area contributed by atoms with Crippen molar-refractivity contribution in [2.45, 2.75) is 33.1 Å². The predicted molar refractivity (Wildman–Crippen MR) is 150 cm³/mol. The highest BCUT2D eigenvalue weighted by molar-refractivity contribution is 7.29. The van der Waals surface area contributed by atoms with Crippen molar-refractivity contribution in [1.82, 2.24) is 4.98 Å². The lowest BCUT2D eigenvalue weighted by Gasteiger charge is -2.16. The summed E-state index contributed by atoms with van der Waals surface area (Å²) < 4.78 is 6.77. The molecule has 3 heterocycles. The van der Waals surface area contributed by atoms with E-state index in [-0.39, 0.29) is 0 Å². The van der Waals surface area contributed by atoms with Gasteiger partial charge in [-0.25, -0.2) is 4.98 Å². The average Bonchev–Trinajstić information content (AvgIpc) is 3.59. The van der Waals surface area contributed by atoms with Crippen LogP contribution in [0.4, 0.5) is 16.5 Å². The molecule has 0 aliphatic carbocycles. The summed E-state index contributed by atoms with van der Waals surface area (Å²) in [6, 6.07) is 18.4. The second-order valence-electron chi connectivity index (χ2n) is 8.55. The largest absolute Gasteiger partial charge is 0.494 e. The maximum atomic E-state index is 9.73. The number of unbranched alkanes of at least 4 members (excludes halogenated alkanes) is 1. The Balaban J connectivity index is 1.28. The fourth-order valence-electron chi connectivity index (χ4n) is 4.19. The van der Waals surface area contributed by atoms with Crippen molar-refractivity contribution in [2.75, 3.05) is 24.6 Å². The highest BCUT2D eigenvalue weighted by atomic mass is 32.1. The van der Waals surface area contributed by atoms with Gasteiger partial charge in [0.25, 0.3) is 0 Å². The van der Waals surface area contributed by atoms with E-state index in [1.54, 1.807) is 11.3 Å². The normalized spacial score (nSPS) is 13.5. The molecule has 0 bridgehead atoms. The number of nitrogens with zero attached hydrogens (tertiary/aromatic N) is 5. The Bertz CT molecular complexity index is 1430. The Morgan fingerprint density at radius 2 is 2.00 bits per heavy atom. The van der Waals surface area contributed by atoms with Crippen molar-refractivity contribution in [1.29, 1.82) is 5.26 Å². The topological polar surface area (TPSA) is 73.9 Å². The maximum Gasteiger partial charge on any atom is 0.231 e. The minimum absolute atomic E-state index is 0.613. The van der Waals surface area contributed by atoms with Gasteiger partial charge in [0, 0.05) is 23.7 Å². The fourth-order valence-corrected chi connectivity index (χ4v) is 6.18. The van der Waals surface area contributed by atoms with Gasteiger partial charge < -0.3 is 9.64 Å². The number of nitriles is 1. The first-order chi connectivity index (χ1) is 17.7. The van der Waals surface area contributed by atoms with Crippen molar-refractivity contribution in [3.8, 4) is 11.8 Å². The van der Waals surface area contributed by atoms with Gasteiger partial charge in [-0.05, 0) is 85.5 Å². The van der Waals surface area contributed by atoms with Crippen molar-refractivity contribution >= 4 is 60.4 Å². The molecule has 36 heavy (non-hydrogen) atoms. The number of thiophene rings is 1. The second kappa shape index (κ2) is 11.0. The molecule has 1 aliphatic rings. The summed E-state index contributed by atoms with van der Waals surface area (Å²) in [7, 11) is 0. The number of anilines is 1. The van der Waals surface area contributed by atoms with Crippen LogP contribution in [0.2, 0.25) is 0 Å². The van der Waals surface area contributed by atoms with Crippen LogP contribution in [-0.2, 0) is 6.42 Å². The molecule has 0 saturated carbocycles. The standard InChI is InChI=1S/C28H27N5OS2/c1-3-5-14-34-23-9-6-19(7-10-23)21(18-29)16-24-17-26-27(35-24)30-28(36-26)32-31-22-8-11-25-20(15-22)12-13-33(25)4-2/h6-11,15-17H,3-5,12-14H2,1-2H3/b21-16+,32-31+. The lowest BCUT2D eigenvalue weighted by Crippen LogP contribution is -2.18. The van der Waals surface area contributed by atoms with Gasteiger partial charge in [0.05, 0.1) is 28.6 Å². The molecule has 0 atom stereocenters. The zero-order chi connectivity index (χ0) is 24.9. The van der Waals surface area contributed by atoms with Gasteiger partial charge in [-0.2, -0.15) is 5.26 Å². The third-order valence-electron chi connectivity index (χ3n) is 6.12. The van der Waals surface area contributed by atoms with Crippen LogP contribution in [0, 0.1) is 11.3 Å². The fraction of sp³-hybridized carbons (Fsp3) is 0.286. The number of rotatable bonds is 9. The summed E-state index contributed by atoms with van der Waals surface area (Å²) >= 11 is 3.06. The number of fused-ring (bicyclic) bond motifs is 2. The summed E-state index contributed by atoms with van der Waals surface area (Å²) in [4.78, 5) is 8.92. The number of thiazole rings is 1. The SMILES string of the molecule is CCCCOc1ccc(/C(C#N)=C/c2cc3sc(/N=N/c4ccc5c(c4)CCN5CC)nc3s2)cc1. The van der Waals surface area contributed by atoms with E-state index in [0.717, 1.165) is 63.8 Å². The molecule has 0 fully saturated rings. The van der Waals surface area contributed by atoms with E-state index in [1.807, 2.05) is 36.4 Å². The van der Waals surface area contributed by atoms with Gasteiger partial charge in [0.1, 0.15) is 10.6 Å². The molecule has 2 aromatic carbocycles. The molecule has 5 rings (SSSR count). The summed E-state index contributed by atoms with van der Waals surface area (Å²) in [6.07, 6.45) is 5.10. The van der Waals surface area contributed by atoms with Crippen molar-refractivity contribution < 1.29 is 4.74 Å². The monoisotopic (exact) mass is 513 g/mol. The van der Waals surface area contributed by atoms with Crippen LogP contribution in [0.1, 0.15) is 42.7 Å². The van der Waals surface area contributed by atoms with E-state index in [4.69, 9.17) is 4.74 Å². The summed E-state index contributed by atoms with van der Waals surface area (Å²) in [5.41, 5.74) is 4.98. The molecule has 1 aliphatic heterocycles. The molecule has 2 aromatic heterocycles. The molecule has 182 valence electrons. The summed E-state index contributed by atoms with van der Waals surface area (Å²) in [5, 5.41) is 19.2. The molecule has 8 heteroatoms. The van der Waals surface area contributed by atoms with E-state index in [0.29, 0.717) is 17.3 Å². The second-order valence-corrected chi connectivity index (χ2v) is 10.6. The van der Waals surface area contributed by atoms with Crippen molar-refractivity contribution in [3.63, 3.8) is 0 Å². The zero-order valence-corrected chi connectivity index (χ0v) is 22.0. The number of allylic oxidation sites excluding steroid dienone is 1. The lowest BCUT2D eigenvalue weighted by molar-refractivity contribution is 0.309. The smallest absolute Gasteiger partial charge is 0.231 e. The molecular weight excluding hydrogens is 486 g/mol. The number of ether oxygens (including phenoxy) is 1. The lowest BCUT2D eigenvalue weighted by atomic mass is 10.1. The maximum absolute atomic E-state index is 9.73. The minimum atomic E-state index is 0.613. The zero-order valence-electron chi connectivity index (χ0n) is 20.4. The van der Waals surface area contributed by atoms with Crippen LogP contribution in [-0.4, -0.2) is 24.7 Å². The Morgan fingerprint density at radius 1 is 1.14 bits per heavy atom. The minimum Gasteiger partial charge on any atom is -0.494 e. The first kappa shape index (κ1) is 24.2. The van der Waals surface area contributed by atoms with Gasteiger partial charge in [0.2, 0.25) is 5.13 Å². The molecule has 0 spiro atoms. The molecule has 0 unspecified atom stereocenters. The number of hydrogen-bond donors (Lipinski definition) is 0. The van der Waals surface area contributed by atoms with E-state index in [1.165, 1.54) is 22.6 Å². The Morgan fingerprint density at radius 3 is 2.75 bits per heavy atom. The van der Waals surface area contributed by atoms with E-state index in [2.05, 4.69) is 58.2 Å². The van der Waals surface area contributed by atoms with E-state index < -0.39 is 0 Å². The van der Waals surface area contributed by atoms with Crippen LogP contribution in [0.5, 0.6) is 5.75 Å². The summed E-state index contributed by atoms with van der Waals surface area (Å²) in [6.45, 7) is 7.12. The van der Waals surface area contributed by atoms with Gasteiger partial charge in [0.15, 0.2) is 0 Å². The Hall–Kier alpha value is -3.54. The average molecular weight is 514 g/mol. The van der Waals surface area contributed by atoms with Gasteiger partial charge in [-0.3, -0.25) is 0 Å². The predicted octanol–water partition coefficient (Wildman–Crippen LogP) is 8.40. The third-order valence-corrected chi connectivity index (χ3v) is 8.12. The van der Waals surface area contributed by atoms with Crippen LogP contribution >= 0.6 is 22.7 Å². The van der Waals surface area contributed by atoms with Crippen LogP contribution in [0.3, 0.4) is 0 Å². The molecular formula is C28H27N5OS2. The molecule has 4 aromatic rings. The van der Waals surface area contributed by atoms with Crippen molar-refractivity contribution in [3.05, 3.63) is 64.5 Å². The number of azo groups is 1. The quantitative estimate of drug-likeness (QED) is 0.128. The first-order valence-electron chi connectivity index (χ1n) is 12.2. The number of likely N-dealkylation sites (N-methyl/N-ethyl adjacent to an activating group) is 1. The first-order valence-corrected chi connectivity index (χ1v) is 13.8. The molecule has 0 radical (unpaired) electrons. The summed E-state index contributed by atoms with van der Waals surface area (Å²) in [5.74, 6) is 0.829. The van der Waals surface area contributed by atoms with Gasteiger partial charge >= 0.3 is 0 Å². The number of hydrogen-bond acceptors (Lipinski definition) is 8. The van der Waals surface area contributed by atoms with Gasteiger partial charge in [-0.15, -0.1) is 21.6 Å². The van der Waals surface area contributed by atoms with Crippen LogP contribution < -0.4 is 9.64 Å².